The van der Waals surface area contributed by atoms with Gasteiger partial charge in [0.25, 0.3) is 0 Å². The molecule has 0 aromatic heterocycles. The van der Waals surface area contributed by atoms with Gasteiger partial charge in [-0.15, -0.1) is 0 Å². The van der Waals surface area contributed by atoms with Gasteiger partial charge in [0.1, 0.15) is 24.3 Å². The number of benzene rings is 2. The SMILES string of the molecule is OC(CNC/C=C/c1ccccc1)COc1ccc(F)cc1. The molecule has 0 amide bonds. The lowest BCUT2D eigenvalue weighted by Crippen LogP contribution is -2.31. The zero-order valence-electron chi connectivity index (χ0n) is 12.3. The third-order valence-corrected chi connectivity index (χ3v) is 3.01. The molecule has 0 saturated heterocycles. The van der Waals surface area contributed by atoms with Crippen molar-refractivity contribution in [2.45, 2.75) is 6.10 Å². The number of halogens is 1. The van der Waals surface area contributed by atoms with Gasteiger partial charge in [0.15, 0.2) is 0 Å². The van der Waals surface area contributed by atoms with Crippen LogP contribution in [0.1, 0.15) is 5.56 Å². The largest absolute Gasteiger partial charge is 0.491 e. The third-order valence-electron chi connectivity index (χ3n) is 3.01. The van der Waals surface area contributed by atoms with Gasteiger partial charge in [-0.3, -0.25) is 0 Å². The highest BCUT2D eigenvalue weighted by Gasteiger charge is 2.04. The Morgan fingerprint density at radius 2 is 1.82 bits per heavy atom. The molecule has 2 aromatic carbocycles. The van der Waals surface area contributed by atoms with Crippen LogP contribution in [0.2, 0.25) is 0 Å². The van der Waals surface area contributed by atoms with Crippen LogP contribution in [0.25, 0.3) is 6.08 Å². The molecule has 4 heteroatoms. The van der Waals surface area contributed by atoms with Gasteiger partial charge in [0.05, 0.1) is 0 Å². The molecule has 3 nitrogen and oxygen atoms in total. The van der Waals surface area contributed by atoms with Crippen molar-refractivity contribution >= 4 is 6.08 Å². The molecule has 2 rings (SSSR count). The fourth-order valence-electron chi connectivity index (χ4n) is 1.87. The first-order valence-corrected chi connectivity index (χ1v) is 7.23. The summed E-state index contributed by atoms with van der Waals surface area (Å²) in [5, 5.41) is 12.9. The van der Waals surface area contributed by atoms with Crippen molar-refractivity contribution < 1.29 is 14.2 Å². The van der Waals surface area contributed by atoms with E-state index in [1.54, 1.807) is 0 Å². The Labute approximate surface area is 130 Å². The number of nitrogens with one attached hydrogen (secondary N) is 1. The summed E-state index contributed by atoms with van der Waals surface area (Å²) in [4.78, 5) is 0. The first-order valence-electron chi connectivity index (χ1n) is 7.23. The van der Waals surface area contributed by atoms with Gasteiger partial charge in [-0.05, 0) is 29.8 Å². The lowest BCUT2D eigenvalue weighted by atomic mass is 10.2. The fourth-order valence-corrected chi connectivity index (χ4v) is 1.87. The highest BCUT2D eigenvalue weighted by Crippen LogP contribution is 2.11. The third kappa shape index (κ3) is 6.08. The van der Waals surface area contributed by atoms with E-state index in [4.69, 9.17) is 4.74 Å². The maximum absolute atomic E-state index is 12.7. The van der Waals surface area contributed by atoms with Crippen molar-refractivity contribution in [2.24, 2.45) is 0 Å². The minimum atomic E-state index is -0.616. The van der Waals surface area contributed by atoms with Crippen LogP contribution in [0.15, 0.2) is 60.7 Å². The Balaban J connectivity index is 1.60. The fraction of sp³-hybridized carbons (Fsp3) is 0.222. The monoisotopic (exact) mass is 301 g/mol. The molecule has 2 aromatic rings. The van der Waals surface area contributed by atoms with Gasteiger partial charge in [-0.1, -0.05) is 42.5 Å². The zero-order chi connectivity index (χ0) is 15.6. The van der Waals surface area contributed by atoms with Gasteiger partial charge in [0.2, 0.25) is 0 Å². The summed E-state index contributed by atoms with van der Waals surface area (Å²) in [5.74, 6) is 0.240. The minimum absolute atomic E-state index is 0.168. The second-order valence-corrected chi connectivity index (χ2v) is 4.89. The predicted octanol–water partition coefficient (Wildman–Crippen LogP) is 2.87. The number of aliphatic hydroxyl groups is 1. The van der Waals surface area contributed by atoms with E-state index in [0.29, 0.717) is 18.8 Å². The maximum atomic E-state index is 12.7. The molecule has 0 aliphatic heterocycles. The molecule has 0 aliphatic rings. The van der Waals surface area contributed by atoms with Crippen molar-refractivity contribution in [1.82, 2.24) is 5.32 Å². The summed E-state index contributed by atoms with van der Waals surface area (Å²) in [7, 11) is 0. The van der Waals surface area contributed by atoms with Crippen LogP contribution in [0.3, 0.4) is 0 Å². The average molecular weight is 301 g/mol. The summed E-state index contributed by atoms with van der Waals surface area (Å²) < 4.78 is 18.1. The topological polar surface area (TPSA) is 41.5 Å². The van der Waals surface area contributed by atoms with E-state index >= 15 is 0 Å². The molecule has 0 saturated carbocycles. The van der Waals surface area contributed by atoms with Crippen LogP contribution < -0.4 is 10.1 Å². The van der Waals surface area contributed by atoms with E-state index in [2.05, 4.69) is 5.32 Å². The van der Waals surface area contributed by atoms with Crippen LogP contribution >= 0.6 is 0 Å². The van der Waals surface area contributed by atoms with E-state index < -0.39 is 6.10 Å². The van der Waals surface area contributed by atoms with E-state index in [9.17, 15) is 9.50 Å². The number of aliphatic hydroxyl groups excluding tert-OH is 1. The molecule has 0 spiro atoms. The summed E-state index contributed by atoms with van der Waals surface area (Å²) in [6, 6.07) is 15.8. The summed E-state index contributed by atoms with van der Waals surface area (Å²) in [6.07, 6.45) is 3.41. The lowest BCUT2D eigenvalue weighted by Gasteiger charge is -2.12. The molecule has 0 radical (unpaired) electrons. The van der Waals surface area contributed by atoms with E-state index in [-0.39, 0.29) is 12.4 Å². The Bertz CT molecular complexity index is 569. The van der Waals surface area contributed by atoms with Crippen molar-refractivity contribution in [1.29, 1.82) is 0 Å². The molecule has 1 atom stereocenters. The molecule has 2 N–H and O–H groups in total. The van der Waals surface area contributed by atoms with Crippen LogP contribution in [0, 0.1) is 5.82 Å². The van der Waals surface area contributed by atoms with Crippen LogP contribution in [0.4, 0.5) is 4.39 Å². The highest BCUT2D eigenvalue weighted by atomic mass is 19.1. The average Bonchev–Trinajstić information content (AvgIpc) is 2.55. The van der Waals surface area contributed by atoms with Crippen LogP contribution in [0.5, 0.6) is 5.75 Å². The maximum Gasteiger partial charge on any atom is 0.123 e. The molecule has 0 bridgehead atoms. The first kappa shape index (κ1) is 16.2. The second-order valence-electron chi connectivity index (χ2n) is 4.89. The molecule has 0 heterocycles. The lowest BCUT2D eigenvalue weighted by molar-refractivity contribution is 0.107. The normalized spacial score (nSPS) is 12.5. The Morgan fingerprint density at radius 1 is 1.09 bits per heavy atom. The Morgan fingerprint density at radius 3 is 2.55 bits per heavy atom. The summed E-state index contributed by atoms with van der Waals surface area (Å²) >= 11 is 0. The van der Waals surface area contributed by atoms with E-state index in [1.807, 2.05) is 42.5 Å². The van der Waals surface area contributed by atoms with Crippen molar-refractivity contribution in [2.75, 3.05) is 19.7 Å². The number of hydrogen-bond donors (Lipinski definition) is 2. The molecule has 22 heavy (non-hydrogen) atoms. The van der Waals surface area contributed by atoms with Gasteiger partial charge in [-0.2, -0.15) is 0 Å². The number of rotatable bonds is 8. The van der Waals surface area contributed by atoms with Gasteiger partial charge in [-0.25, -0.2) is 4.39 Å². The van der Waals surface area contributed by atoms with Crippen molar-refractivity contribution in [3.05, 3.63) is 72.1 Å². The Kier molecular flexibility index (Phi) is 6.61. The molecule has 1 unspecified atom stereocenters. The van der Waals surface area contributed by atoms with Gasteiger partial charge in [0, 0.05) is 13.1 Å². The second kappa shape index (κ2) is 8.97. The zero-order valence-corrected chi connectivity index (χ0v) is 12.3. The van der Waals surface area contributed by atoms with Gasteiger partial charge < -0.3 is 15.2 Å². The Hall–Kier alpha value is -2.17. The smallest absolute Gasteiger partial charge is 0.123 e. The van der Waals surface area contributed by atoms with Crippen LogP contribution in [-0.2, 0) is 0 Å². The summed E-state index contributed by atoms with van der Waals surface area (Å²) in [6.45, 7) is 1.27. The predicted molar refractivity (Wildman–Crippen MR) is 86.2 cm³/mol. The molecular weight excluding hydrogens is 281 g/mol. The number of ether oxygens (including phenoxy) is 1. The summed E-state index contributed by atoms with van der Waals surface area (Å²) in [5.41, 5.74) is 1.14. The quantitative estimate of drug-likeness (QED) is 0.737. The molecular formula is C18H20FNO2. The highest BCUT2D eigenvalue weighted by molar-refractivity contribution is 5.48. The molecule has 0 fully saturated rings. The standard InChI is InChI=1S/C18H20FNO2/c19-16-8-10-18(11-9-16)22-14-17(21)13-20-12-4-7-15-5-2-1-3-6-15/h1-11,17,20-21H,12-14H2/b7-4+. The molecule has 116 valence electrons. The van der Waals surface area contributed by atoms with Gasteiger partial charge >= 0.3 is 0 Å². The van der Waals surface area contributed by atoms with E-state index in [1.165, 1.54) is 24.3 Å². The van der Waals surface area contributed by atoms with Crippen LogP contribution in [-0.4, -0.2) is 30.9 Å². The van der Waals surface area contributed by atoms with Crippen molar-refractivity contribution in [3.63, 3.8) is 0 Å². The van der Waals surface area contributed by atoms with E-state index in [0.717, 1.165) is 5.56 Å². The molecule has 0 aliphatic carbocycles. The minimum Gasteiger partial charge on any atom is -0.491 e. The number of hydrogen-bond acceptors (Lipinski definition) is 3. The first-order chi connectivity index (χ1) is 10.7. The van der Waals surface area contributed by atoms with Crippen molar-refractivity contribution in [3.8, 4) is 5.75 Å².